The van der Waals surface area contributed by atoms with Crippen molar-refractivity contribution in [3.8, 4) is 0 Å². The molecule has 1 saturated heterocycles. The Hall–Kier alpha value is -1.50. The minimum atomic E-state index is -0.868. The molecule has 0 aromatic carbocycles. The van der Waals surface area contributed by atoms with Crippen molar-refractivity contribution in [3.63, 3.8) is 0 Å². The summed E-state index contributed by atoms with van der Waals surface area (Å²) >= 11 is 0. The Morgan fingerprint density at radius 2 is 2.12 bits per heavy atom. The number of anilines is 1. The van der Waals surface area contributed by atoms with Crippen molar-refractivity contribution in [1.82, 2.24) is 9.88 Å². The zero-order chi connectivity index (χ0) is 12.4. The molecule has 0 atom stereocenters. The lowest BCUT2D eigenvalue weighted by atomic mass is 10.2. The highest BCUT2D eigenvalue weighted by molar-refractivity contribution is 7.85. The number of amides is 1. The average Bonchev–Trinajstić information content (AvgIpc) is 2.33. The highest BCUT2D eigenvalue weighted by Gasteiger charge is 2.24. The summed E-state index contributed by atoms with van der Waals surface area (Å²) in [5, 5.41) is 0. The Balaban J connectivity index is 2.20. The molecule has 1 aliphatic rings. The third-order valence-corrected chi connectivity index (χ3v) is 3.89. The van der Waals surface area contributed by atoms with Crippen molar-refractivity contribution in [2.45, 2.75) is 0 Å². The molecule has 1 aliphatic heterocycles. The maximum absolute atomic E-state index is 13.6. The van der Waals surface area contributed by atoms with Crippen LogP contribution in [0.1, 0.15) is 10.4 Å². The summed E-state index contributed by atoms with van der Waals surface area (Å²) in [4.78, 5) is 17.0. The molecule has 2 N–H and O–H groups in total. The number of rotatable bonds is 1. The summed E-state index contributed by atoms with van der Waals surface area (Å²) in [5.74, 6) is -0.615. The lowest BCUT2D eigenvalue weighted by Gasteiger charge is -2.26. The van der Waals surface area contributed by atoms with E-state index >= 15 is 0 Å². The molecule has 2 rings (SSSR count). The topological polar surface area (TPSA) is 76.3 Å². The number of carbonyl (C=O) groups is 1. The van der Waals surface area contributed by atoms with Crippen LogP contribution >= 0.6 is 0 Å². The van der Waals surface area contributed by atoms with E-state index in [1.165, 1.54) is 17.2 Å². The van der Waals surface area contributed by atoms with Crippen LogP contribution in [0.5, 0.6) is 0 Å². The summed E-state index contributed by atoms with van der Waals surface area (Å²) in [6.45, 7) is 0.764. The van der Waals surface area contributed by atoms with Crippen molar-refractivity contribution in [2.24, 2.45) is 0 Å². The Morgan fingerprint density at radius 1 is 1.47 bits per heavy atom. The van der Waals surface area contributed by atoms with Gasteiger partial charge in [0.15, 0.2) is 11.6 Å². The lowest BCUT2D eigenvalue weighted by molar-refractivity contribution is 0.0766. The second-order valence-electron chi connectivity index (χ2n) is 3.70. The summed E-state index contributed by atoms with van der Waals surface area (Å²) in [7, 11) is -0.868. The van der Waals surface area contributed by atoms with E-state index in [4.69, 9.17) is 5.73 Å². The third-order valence-electron chi connectivity index (χ3n) is 2.61. The number of nitrogen functional groups attached to an aromatic ring is 1. The molecule has 1 amide bonds. The number of hydrogen-bond acceptors (Lipinski definition) is 4. The van der Waals surface area contributed by atoms with Crippen LogP contribution < -0.4 is 5.73 Å². The van der Waals surface area contributed by atoms with E-state index in [-0.39, 0.29) is 11.4 Å². The van der Waals surface area contributed by atoms with Crippen LogP contribution in [0.15, 0.2) is 12.3 Å². The summed E-state index contributed by atoms with van der Waals surface area (Å²) < 4.78 is 24.7. The zero-order valence-corrected chi connectivity index (χ0v) is 9.87. The maximum atomic E-state index is 13.6. The van der Waals surface area contributed by atoms with E-state index in [1.807, 2.05) is 0 Å². The Morgan fingerprint density at radius 3 is 2.76 bits per heavy atom. The number of halogens is 1. The molecule has 2 heterocycles. The predicted octanol–water partition coefficient (Wildman–Crippen LogP) is 0.00740. The number of aromatic nitrogens is 1. The fourth-order valence-corrected chi connectivity index (χ4v) is 2.69. The lowest BCUT2D eigenvalue weighted by Crippen LogP contribution is -2.42. The average molecular weight is 257 g/mol. The van der Waals surface area contributed by atoms with Crippen LogP contribution in [0.4, 0.5) is 10.2 Å². The molecule has 0 aliphatic carbocycles. The third kappa shape index (κ3) is 2.44. The largest absolute Gasteiger partial charge is 0.381 e. The van der Waals surface area contributed by atoms with Crippen molar-refractivity contribution < 1.29 is 13.4 Å². The fraction of sp³-hybridized carbons (Fsp3) is 0.400. The molecule has 7 heteroatoms. The monoisotopic (exact) mass is 257 g/mol. The van der Waals surface area contributed by atoms with Gasteiger partial charge < -0.3 is 10.6 Å². The minimum Gasteiger partial charge on any atom is -0.381 e. The molecule has 0 bridgehead atoms. The van der Waals surface area contributed by atoms with Gasteiger partial charge in [-0.25, -0.2) is 9.37 Å². The Bertz CT molecular complexity index is 471. The molecule has 1 aromatic heterocycles. The van der Waals surface area contributed by atoms with Gasteiger partial charge in [0.1, 0.15) is 0 Å². The first kappa shape index (κ1) is 12.0. The molecule has 0 radical (unpaired) electrons. The first-order chi connectivity index (χ1) is 8.09. The first-order valence-corrected chi connectivity index (χ1v) is 6.62. The second kappa shape index (κ2) is 4.79. The standard InChI is InChI=1S/C10H12FN3O2S/c11-8-7(1-2-13-9(8)12)10(15)14-3-5-17(16)6-4-14/h1-2H,3-6H2,(H2,12,13). The van der Waals surface area contributed by atoms with Crippen molar-refractivity contribution in [1.29, 1.82) is 0 Å². The van der Waals surface area contributed by atoms with Gasteiger partial charge >= 0.3 is 0 Å². The highest BCUT2D eigenvalue weighted by atomic mass is 32.2. The molecule has 0 unspecified atom stereocenters. The van der Waals surface area contributed by atoms with Gasteiger partial charge in [0.05, 0.1) is 5.56 Å². The second-order valence-corrected chi connectivity index (χ2v) is 5.39. The van der Waals surface area contributed by atoms with Crippen LogP contribution in [0.3, 0.4) is 0 Å². The smallest absolute Gasteiger partial charge is 0.257 e. The number of carbonyl (C=O) groups excluding carboxylic acids is 1. The van der Waals surface area contributed by atoms with Gasteiger partial charge in [-0.1, -0.05) is 0 Å². The highest BCUT2D eigenvalue weighted by Crippen LogP contribution is 2.15. The van der Waals surface area contributed by atoms with Gasteiger partial charge in [-0.05, 0) is 6.07 Å². The zero-order valence-electron chi connectivity index (χ0n) is 9.06. The van der Waals surface area contributed by atoms with E-state index in [0.717, 1.165) is 0 Å². The maximum Gasteiger partial charge on any atom is 0.257 e. The molecule has 17 heavy (non-hydrogen) atoms. The van der Waals surface area contributed by atoms with Crippen molar-refractivity contribution in [3.05, 3.63) is 23.6 Å². The molecule has 0 spiro atoms. The summed E-state index contributed by atoms with van der Waals surface area (Å²) in [5.41, 5.74) is 5.23. The van der Waals surface area contributed by atoms with Gasteiger partial charge in [-0.2, -0.15) is 0 Å². The van der Waals surface area contributed by atoms with Crippen LogP contribution in [0.25, 0.3) is 0 Å². The number of pyridine rings is 1. The number of hydrogen-bond donors (Lipinski definition) is 1. The fourth-order valence-electron chi connectivity index (χ4n) is 1.64. The van der Waals surface area contributed by atoms with E-state index < -0.39 is 22.5 Å². The van der Waals surface area contributed by atoms with Gasteiger partial charge in [-0.15, -0.1) is 0 Å². The quantitative estimate of drug-likeness (QED) is 0.768. The first-order valence-electron chi connectivity index (χ1n) is 5.14. The summed E-state index contributed by atoms with van der Waals surface area (Å²) in [6, 6.07) is 1.31. The molecule has 0 saturated carbocycles. The molecular formula is C10H12FN3O2S. The van der Waals surface area contributed by atoms with Crippen LogP contribution in [-0.2, 0) is 10.8 Å². The van der Waals surface area contributed by atoms with Crippen molar-refractivity contribution >= 4 is 22.5 Å². The number of nitrogens with two attached hydrogens (primary N) is 1. The van der Waals surface area contributed by atoms with Gasteiger partial charge in [0.2, 0.25) is 0 Å². The predicted molar refractivity (Wildman–Crippen MR) is 62.4 cm³/mol. The van der Waals surface area contributed by atoms with Gasteiger partial charge in [0.25, 0.3) is 5.91 Å². The van der Waals surface area contributed by atoms with Gasteiger partial charge in [-0.3, -0.25) is 9.00 Å². The van der Waals surface area contributed by atoms with E-state index in [2.05, 4.69) is 4.98 Å². The SMILES string of the molecule is Nc1nccc(C(=O)N2CCS(=O)CC2)c1F. The van der Waals surface area contributed by atoms with E-state index in [1.54, 1.807) is 0 Å². The minimum absolute atomic E-state index is 0.0785. The molecule has 1 fully saturated rings. The van der Waals surface area contributed by atoms with Crippen LogP contribution in [0.2, 0.25) is 0 Å². The van der Waals surface area contributed by atoms with Crippen LogP contribution in [0, 0.1) is 5.82 Å². The van der Waals surface area contributed by atoms with Crippen LogP contribution in [-0.4, -0.2) is 44.6 Å². The molecule has 92 valence electrons. The van der Waals surface area contributed by atoms with E-state index in [0.29, 0.717) is 24.6 Å². The Kier molecular flexibility index (Phi) is 3.37. The Labute approximate surface area is 100 Å². The van der Waals surface area contributed by atoms with Gasteiger partial charge in [0, 0.05) is 41.6 Å². The summed E-state index contributed by atoms with van der Waals surface area (Å²) in [6.07, 6.45) is 1.30. The normalized spacial score (nSPS) is 17.1. The molecular weight excluding hydrogens is 245 g/mol. The van der Waals surface area contributed by atoms with Crippen molar-refractivity contribution in [2.75, 3.05) is 30.3 Å². The molecule has 1 aromatic rings. The number of nitrogens with zero attached hydrogens (tertiary/aromatic N) is 2. The van der Waals surface area contributed by atoms with E-state index in [9.17, 15) is 13.4 Å². The molecule has 5 nitrogen and oxygen atoms in total.